The van der Waals surface area contributed by atoms with Crippen molar-refractivity contribution in [3.63, 3.8) is 0 Å². The van der Waals surface area contributed by atoms with Gasteiger partial charge in [0.05, 0.1) is 6.04 Å². The molecule has 0 amide bonds. The minimum Gasteiger partial charge on any atom is -0.273 e. The highest BCUT2D eigenvalue weighted by Gasteiger charge is 2.24. The molecule has 0 N–H and O–H groups in total. The van der Waals surface area contributed by atoms with E-state index in [0.29, 0.717) is 0 Å². The third kappa shape index (κ3) is 3.67. The molecular formula is C23H28N4. The molecule has 0 radical (unpaired) electrons. The maximum Gasteiger partial charge on any atom is 0.122 e. The first kappa shape index (κ1) is 17.0. The summed E-state index contributed by atoms with van der Waals surface area (Å²) in [6.45, 7) is 0. The van der Waals surface area contributed by atoms with E-state index in [1.54, 1.807) is 0 Å². The van der Waals surface area contributed by atoms with Crippen LogP contribution in [0.4, 0.5) is 0 Å². The summed E-state index contributed by atoms with van der Waals surface area (Å²) in [7, 11) is 0. The van der Waals surface area contributed by atoms with Gasteiger partial charge in [-0.15, -0.1) is 10.2 Å². The topological polar surface area (TPSA) is 51.0 Å². The van der Waals surface area contributed by atoms with Gasteiger partial charge in [0.15, 0.2) is 0 Å². The molecule has 2 aliphatic heterocycles. The number of aromatic nitrogens is 3. The molecule has 0 spiro atoms. The highest BCUT2D eigenvalue weighted by molar-refractivity contribution is 5.60. The zero-order valence-corrected chi connectivity index (χ0v) is 16.0. The first-order valence-corrected chi connectivity index (χ1v) is 10.7. The van der Waals surface area contributed by atoms with Crippen LogP contribution in [-0.4, -0.2) is 21.5 Å². The van der Waals surface area contributed by atoms with E-state index in [9.17, 15) is 0 Å². The Balaban J connectivity index is 1.51. The predicted octanol–water partition coefficient (Wildman–Crippen LogP) is 3.63. The SMILES string of the molecule is C1=c2nnnc3c2=NC1CCCCCCC1CCC(Cc2cccc-3c2)C1. The Hall–Kier alpha value is -2.10. The molecule has 1 aliphatic carbocycles. The maximum atomic E-state index is 4.95. The van der Waals surface area contributed by atoms with Crippen LogP contribution in [0.1, 0.15) is 63.4 Å². The summed E-state index contributed by atoms with van der Waals surface area (Å²) in [5, 5.41) is 14.5. The predicted molar refractivity (Wildman–Crippen MR) is 107 cm³/mol. The summed E-state index contributed by atoms with van der Waals surface area (Å²) in [6, 6.07) is 9.12. The average Bonchev–Trinajstić information content (AvgIpc) is 3.30. The van der Waals surface area contributed by atoms with Gasteiger partial charge in [0, 0.05) is 5.56 Å². The van der Waals surface area contributed by atoms with Crippen LogP contribution in [0, 0.1) is 11.8 Å². The van der Waals surface area contributed by atoms with Gasteiger partial charge in [-0.3, -0.25) is 4.99 Å². The van der Waals surface area contributed by atoms with Crippen LogP contribution in [0.3, 0.4) is 0 Å². The Morgan fingerprint density at radius 1 is 0.852 bits per heavy atom. The largest absolute Gasteiger partial charge is 0.273 e. The summed E-state index contributed by atoms with van der Waals surface area (Å²) in [4.78, 5) is 4.95. The third-order valence-corrected chi connectivity index (χ3v) is 6.65. The van der Waals surface area contributed by atoms with Crippen LogP contribution in [0.5, 0.6) is 0 Å². The lowest BCUT2D eigenvalue weighted by Crippen LogP contribution is -2.30. The average molecular weight is 361 g/mol. The van der Waals surface area contributed by atoms with Gasteiger partial charge in [-0.25, -0.2) is 0 Å². The van der Waals surface area contributed by atoms with Crippen LogP contribution >= 0.6 is 0 Å². The number of rotatable bonds is 0. The van der Waals surface area contributed by atoms with Gasteiger partial charge in [-0.05, 0) is 60.4 Å². The van der Waals surface area contributed by atoms with Crippen LogP contribution in [0.2, 0.25) is 0 Å². The number of nitrogens with zero attached hydrogens (tertiary/aromatic N) is 4. The van der Waals surface area contributed by atoms with Crippen molar-refractivity contribution in [2.45, 2.75) is 70.3 Å². The van der Waals surface area contributed by atoms with E-state index in [2.05, 4.69) is 45.8 Å². The van der Waals surface area contributed by atoms with E-state index < -0.39 is 0 Å². The summed E-state index contributed by atoms with van der Waals surface area (Å²) in [6.07, 6.45) is 15.5. The second-order valence-electron chi connectivity index (χ2n) is 8.68. The van der Waals surface area contributed by atoms with Crippen LogP contribution < -0.4 is 10.7 Å². The number of hydrogen-bond donors (Lipinski definition) is 0. The minimum atomic E-state index is 0.243. The van der Waals surface area contributed by atoms with Crippen LogP contribution in [0.25, 0.3) is 17.3 Å². The van der Waals surface area contributed by atoms with Gasteiger partial charge in [0.2, 0.25) is 0 Å². The molecule has 6 bridgehead atoms. The van der Waals surface area contributed by atoms with E-state index in [0.717, 1.165) is 40.2 Å². The Labute approximate surface area is 160 Å². The van der Waals surface area contributed by atoms with E-state index >= 15 is 0 Å². The van der Waals surface area contributed by atoms with Crippen molar-refractivity contribution in [1.82, 2.24) is 15.4 Å². The second-order valence-corrected chi connectivity index (χ2v) is 8.68. The molecule has 27 heavy (non-hydrogen) atoms. The van der Waals surface area contributed by atoms with E-state index in [-0.39, 0.29) is 6.04 Å². The van der Waals surface area contributed by atoms with Crippen LogP contribution in [-0.2, 0) is 6.42 Å². The van der Waals surface area contributed by atoms with Gasteiger partial charge in [-0.2, -0.15) is 0 Å². The minimum absolute atomic E-state index is 0.243. The fraction of sp³-hybridized carbons (Fsp3) is 0.565. The lowest BCUT2D eigenvalue weighted by Gasteiger charge is -2.12. The molecule has 4 heteroatoms. The van der Waals surface area contributed by atoms with Crippen molar-refractivity contribution in [2.75, 3.05) is 0 Å². The third-order valence-electron chi connectivity index (χ3n) is 6.65. The molecule has 5 rings (SSSR count). The Morgan fingerprint density at radius 2 is 1.74 bits per heavy atom. The molecule has 140 valence electrons. The second kappa shape index (κ2) is 7.49. The number of benzene rings is 1. The first-order valence-electron chi connectivity index (χ1n) is 10.7. The summed E-state index contributed by atoms with van der Waals surface area (Å²) >= 11 is 0. The van der Waals surface area contributed by atoms with E-state index in [1.165, 1.54) is 63.4 Å². The fourth-order valence-corrected chi connectivity index (χ4v) is 5.24. The molecular weight excluding hydrogens is 332 g/mol. The van der Waals surface area contributed by atoms with Gasteiger partial charge in [0.25, 0.3) is 0 Å². The number of hydrogen-bond acceptors (Lipinski definition) is 4. The van der Waals surface area contributed by atoms with Crippen molar-refractivity contribution < 1.29 is 0 Å². The lowest BCUT2D eigenvalue weighted by atomic mass is 9.93. The zero-order chi connectivity index (χ0) is 18.1. The first-order chi connectivity index (χ1) is 13.3. The Bertz CT molecular complexity index is 936. The smallest absolute Gasteiger partial charge is 0.122 e. The standard InChI is InChI=1S/C23H28N4/c1-2-4-9-20-15-21-23(24-20)22(26-27-25-21)19-8-5-7-17(14-19)13-18-11-10-16(12-18)6-3-1/h5,7-8,14-16,18,20H,1-4,6,9-13H2. The molecule has 1 saturated carbocycles. The Morgan fingerprint density at radius 3 is 2.70 bits per heavy atom. The van der Waals surface area contributed by atoms with Gasteiger partial charge in [-0.1, -0.05) is 56.7 Å². The molecule has 1 aromatic heterocycles. The van der Waals surface area contributed by atoms with E-state index in [1.807, 2.05) is 0 Å². The molecule has 0 saturated heterocycles. The summed E-state index contributed by atoms with van der Waals surface area (Å²) in [5.74, 6) is 1.81. The van der Waals surface area contributed by atoms with Crippen molar-refractivity contribution in [3.05, 3.63) is 40.5 Å². The molecule has 3 aliphatic rings. The van der Waals surface area contributed by atoms with Crippen molar-refractivity contribution in [1.29, 1.82) is 0 Å². The van der Waals surface area contributed by atoms with Gasteiger partial charge >= 0.3 is 0 Å². The molecule has 3 atom stereocenters. The van der Waals surface area contributed by atoms with Gasteiger partial charge in [0.1, 0.15) is 16.4 Å². The molecule has 3 heterocycles. The molecule has 3 unspecified atom stereocenters. The highest BCUT2D eigenvalue weighted by atomic mass is 15.3. The zero-order valence-electron chi connectivity index (χ0n) is 16.0. The van der Waals surface area contributed by atoms with Gasteiger partial charge < -0.3 is 0 Å². The van der Waals surface area contributed by atoms with Crippen molar-refractivity contribution in [3.8, 4) is 11.3 Å². The molecule has 1 aromatic carbocycles. The summed E-state index contributed by atoms with van der Waals surface area (Å²) < 4.78 is 0. The fourth-order valence-electron chi connectivity index (χ4n) is 5.24. The lowest BCUT2D eigenvalue weighted by molar-refractivity contribution is 0.437. The number of fused-ring (bicyclic) bond motifs is 6. The molecule has 4 nitrogen and oxygen atoms in total. The van der Waals surface area contributed by atoms with Crippen LogP contribution in [0.15, 0.2) is 29.3 Å². The monoisotopic (exact) mass is 360 g/mol. The quantitative estimate of drug-likeness (QED) is 0.721. The van der Waals surface area contributed by atoms with E-state index in [4.69, 9.17) is 4.99 Å². The molecule has 2 aromatic rings. The van der Waals surface area contributed by atoms with Crippen molar-refractivity contribution in [2.24, 2.45) is 16.8 Å². The summed E-state index contributed by atoms with van der Waals surface area (Å²) in [5.41, 5.74) is 3.46. The highest BCUT2D eigenvalue weighted by Crippen LogP contribution is 2.36. The maximum absolute atomic E-state index is 4.95. The van der Waals surface area contributed by atoms with Crippen molar-refractivity contribution >= 4 is 6.08 Å². The normalized spacial score (nSPS) is 27.5. The molecule has 1 fully saturated rings. The Kier molecular flexibility index (Phi) is 4.73.